The van der Waals surface area contributed by atoms with Crippen LogP contribution in [0.1, 0.15) is 44.8 Å². The number of esters is 1. The molecule has 148 valence electrons. The summed E-state index contributed by atoms with van der Waals surface area (Å²) in [4.78, 5) is 41.7. The minimum atomic E-state index is -0.542. The van der Waals surface area contributed by atoms with Crippen LogP contribution in [0.15, 0.2) is 48.5 Å². The van der Waals surface area contributed by atoms with Crippen LogP contribution in [0, 0.1) is 6.92 Å². The number of rotatable bonds is 6. The molecule has 0 unspecified atom stereocenters. The van der Waals surface area contributed by atoms with Gasteiger partial charge in [0.2, 0.25) is 11.7 Å². The molecule has 4 rings (SSSR count). The molecule has 1 aliphatic rings. The number of para-hydroxylation sites is 1. The van der Waals surface area contributed by atoms with E-state index >= 15 is 0 Å². The van der Waals surface area contributed by atoms with E-state index in [1.165, 1.54) is 0 Å². The van der Waals surface area contributed by atoms with E-state index in [9.17, 15) is 14.4 Å². The van der Waals surface area contributed by atoms with E-state index in [0.717, 1.165) is 35.1 Å². The SMILES string of the molecule is Cc1[nH]c2ccccc2c1C(=O)COC(=O)c1ccc(CN2CCCC2=O)cc1. The molecule has 3 aromatic rings. The Kier molecular flexibility index (Phi) is 5.16. The van der Waals surface area contributed by atoms with Crippen LogP contribution in [0.4, 0.5) is 0 Å². The predicted octanol–water partition coefficient (Wildman–Crippen LogP) is 3.64. The van der Waals surface area contributed by atoms with Gasteiger partial charge >= 0.3 is 5.97 Å². The van der Waals surface area contributed by atoms with E-state index < -0.39 is 5.97 Å². The molecular weight excluding hydrogens is 368 g/mol. The maximum absolute atomic E-state index is 12.6. The first kappa shape index (κ1) is 18.9. The number of ketones is 1. The van der Waals surface area contributed by atoms with Crippen molar-refractivity contribution in [3.63, 3.8) is 0 Å². The van der Waals surface area contributed by atoms with E-state index in [-0.39, 0.29) is 18.3 Å². The first-order valence-electron chi connectivity index (χ1n) is 9.67. The fourth-order valence-electron chi connectivity index (χ4n) is 3.76. The van der Waals surface area contributed by atoms with Gasteiger partial charge in [0.25, 0.3) is 0 Å². The largest absolute Gasteiger partial charge is 0.454 e. The maximum Gasteiger partial charge on any atom is 0.338 e. The van der Waals surface area contributed by atoms with Crippen LogP contribution in [0.5, 0.6) is 0 Å². The Balaban J connectivity index is 1.38. The zero-order valence-corrected chi connectivity index (χ0v) is 16.2. The monoisotopic (exact) mass is 390 g/mol. The normalized spacial score (nSPS) is 13.8. The third-order valence-electron chi connectivity index (χ3n) is 5.24. The molecule has 6 nitrogen and oxygen atoms in total. The number of ether oxygens (including phenoxy) is 1. The topological polar surface area (TPSA) is 79.5 Å². The molecule has 2 aromatic carbocycles. The molecule has 0 saturated carbocycles. The van der Waals surface area contributed by atoms with Crippen molar-refractivity contribution < 1.29 is 19.1 Å². The Morgan fingerprint density at radius 2 is 1.86 bits per heavy atom. The lowest BCUT2D eigenvalue weighted by Gasteiger charge is -2.15. The number of nitrogens with one attached hydrogen (secondary N) is 1. The average molecular weight is 390 g/mol. The van der Waals surface area contributed by atoms with E-state index in [0.29, 0.717) is 24.1 Å². The highest BCUT2D eigenvalue weighted by Crippen LogP contribution is 2.22. The van der Waals surface area contributed by atoms with Crippen molar-refractivity contribution in [2.75, 3.05) is 13.2 Å². The minimum absolute atomic E-state index is 0.166. The summed E-state index contributed by atoms with van der Waals surface area (Å²) in [5.74, 6) is -0.614. The Labute approximate surface area is 168 Å². The van der Waals surface area contributed by atoms with Gasteiger partial charge in [0.05, 0.1) is 5.56 Å². The number of carbonyl (C=O) groups excluding carboxylic acids is 3. The summed E-state index contributed by atoms with van der Waals surface area (Å²) in [6.07, 6.45) is 1.50. The highest BCUT2D eigenvalue weighted by molar-refractivity contribution is 6.10. The number of aromatic nitrogens is 1. The number of Topliss-reactive ketones (excluding diaryl/α,β-unsaturated/α-hetero) is 1. The second-order valence-electron chi connectivity index (χ2n) is 7.29. The highest BCUT2D eigenvalue weighted by Gasteiger charge is 2.21. The Hall–Kier alpha value is -3.41. The fourth-order valence-corrected chi connectivity index (χ4v) is 3.76. The standard InChI is InChI=1S/C23H22N2O4/c1-15-22(18-5-2-3-6-19(18)24-15)20(26)14-29-23(28)17-10-8-16(9-11-17)13-25-12-4-7-21(25)27/h2-3,5-6,8-11,24H,4,7,12-14H2,1H3. The van der Waals surface area contributed by atoms with Crippen molar-refractivity contribution in [2.24, 2.45) is 0 Å². The number of nitrogens with zero attached hydrogens (tertiary/aromatic N) is 1. The van der Waals surface area contributed by atoms with Crippen LogP contribution in [0.2, 0.25) is 0 Å². The van der Waals surface area contributed by atoms with Crippen LogP contribution in [0.25, 0.3) is 10.9 Å². The van der Waals surface area contributed by atoms with Gasteiger partial charge in [-0.1, -0.05) is 30.3 Å². The van der Waals surface area contributed by atoms with E-state index in [4.69, 9.17) is 4.74 Å². The van der Waals surface area contributed by atoms with Crippen molar-refractivity contribution in [3.8, 4) is 0 Å². The van der Waals surface area contributed by atoms with E-state index in [1.807, 2.05) is 48.2 Å². The average Bonchev–Trinajstić information content (AvgIpc) is 3.28. The summed E-state index contributed by atoms with van der Waals surface area (Å²) in [6.45, 7) is 2.84. The fraction of sp³-hybridized carbons (Fsp3) is 0.261. The molecular formula is C23H22N2O4. The first-order chi connectivity index (χ1) is 14.0. The lowest BCUT2D eigenvalue weighted by molar-refractivity contribution is -0.128. The molecule has 0 atom stereocenters. The number of benzene rings is 2. The molecule has 29 heavy (non-hydrogen) atoms. The lowest BCUT2D eigenvalue weighted by Crippen LogP contribution is -2.23. The second kappa shape index (κ2) is 7.91. The number of hydrogen-bond acceptors (Lipinski definition) is 4. The highest BCUT2D eigenvalue weighted by atomic mass is 16.5. The van der Waals surface area contributed by atoms with E-state index in [1.54, 1.807) is 12.1 Å². The van der Waals surface area contributed by atoms with Crippen LogP contribution in [-0.4, -0.2) is 40.7 Å². The van der Waals surface area contributed by atoms with Crippen LogP contribution in [-0.2, 0) is 16.1 Å². The van der Waals surface area contributed by atoms with Crippen molar-refractivity contribution in [2.45, 2.75) is 26.3 Å². The number of aromatic amines is 1. The second-order valence-corrected chi connectivity index (χ2v) is 7.29. The van der Waals surface area contributed by atoms with Crippen molar-refractivity contribution in [1.29, 1.82) is 0 Å². The molecule has 1 amide bonds. The Bertz CT molecular complexity index is 1080. The molecule has 0 spiro atoms. The van der Waals surface area contributed by atoms with Gasteiger partial charge in [-0.15, -0.1) is 0 Å². The third kappa shape index (κ3) is 3.92. The molecule has 1 aromatic heterocycles. The van der Waals surface area contributed by atoms with Gasteiger partial charge in [0.15, 0.2) is 6.61 Å². The van der Waals surface area contributed by atoms with Gasteiger partial charge < -0.3 is 14.6 Å². The number of aryl methyl sites for hydroxylation is 1. The molecule has 1 fully saturated rings. The van der Waals surface area contributed by atoms with E-state index in [2.05, 4.69) is 4.98 Å². The van der Waals surface area contributed by atoms with Gasteiger partial charge in [0, 0.05) is 41.7 Å². The smallest absolute Gasteiger partial charge is 0.338 e. The zero-order valence-electron chi connectivity index (χ0n) is 16.2. The van der Waals surface area contributed by atoms with Crippen LogP contribution >= 0.6 is 0 Å². The maximum atomic E-state index is 12.6. The molecule has 0 bridgehead atoms. The van der Waals surface area contributed by atoms with Crippen LogP contribution in [0.3, 0.4) is 0 Å². The summed E-state index contributed by atoms with van der Waals surface area (Å²) in [5, 5.41) is 0.826. The van der Waals surface area contributed by atoms with Crippen molar-refractivity contribution >= 4 is 28.6 Å². The Morgan fingerprint density at radius 3 is 2.59 bits per heavy atom. The van der Waals surface area contributed by atoms with Gasteiger partial charge in [0.1, 0.15) is 0 Å². The summed E-state index contributed by atoms with van der Waals surface area (Å²) in [7, 11) is 0. The lowest BCUT2D eigenvalue weighted by atomic mass is 10.1. The number of fused-ring (bicyclic) bond motifs is 1. The minimum Gasteiger partial charge on any atom is -0.454 e. The molecule has 2 heterocycles. The molecule has 1 aliphatic heterocycles. The number of amides is 1. The number of likely N-dealkylation sites (tertiary alicyclic amines) is 1. The van der Waals surface area contributed by atoms with Crippen molar-refractivity contribution in [3.05, 3.63) is 70.9 Å². The summed E-state index contributed by atoms with van der Waals surface area (Å²) >= 11 is 0. The van der Waals surface area contributed by atoms with Crippen molar-refractivity contribution in [1.82, 2.24) is 9.88 Å². The Morgan fingerprint density at radius 1 is 1.10 bits per heavy atom. The summed E-state index contributed by atoms with van der Waals surface area (Å²) < 4.78 is 5.24. The molecule has 6 heteroatoms. The number of hydrogen-bond donors (Lipinski definition) is 1. The summed E-state index contributed by atoms with van der Waals surface area (Å²) in [5.41, 5.74) is 3.53. The van der Waals surface area contributed by atoms with Crippen LogP contribution < -0.4 is 0 Å². The quantitative estimate of drug-likeness (QED) is 0.515. The van der Waals surface area contributed by atoms with Gasteiger partial charge in [-0.3, -0.25) is 9.59 Å². The molecule has 1 N–H and O–H groups in total. The molecule has 1 saturated heterocycles. The molecule has 0 aliphatic carbocycles. The van der Waals surface area contributed by atoms with Gasteiger partial charge in [-0.25, -0.2) is 4.79 Å². The number of H-pyrrole nitrogens is 1. The van der Waals surface area contributed by atoms with Gasteiger partial charge in [-0.05, 0) is 37.1 Å². The van der Waals surface area contributed by atoms with Gasteiger partial charge in [-0.2, -0.15) is 0 Å². The predicted molar refractivity (Wildman–Crippen MR) is 109 cm³/mol. The zero-order chi connectivity index (χ0) is 20.4. The summed E-state index contributed by atoms with van der Waals surface area (Å²) in [6, 6.07) is 14.5. The first-order valence-corrected chi connectivity index (χ1v) is 9.67. The third-order valence-corrected chi connectivity index (χ3v) is 5.24. The number of carbonyl (C=O) groups is 3. The molecule has 0 radical (unpaired) electrons.